The van der Waals surface area contributed by atoms with Crippen LogP contribution in [-0.2, 0) is 12.8 Å². The lowest BCUT2D eigenvalue weighted by atomic mass is 10.3. The summed E-state index contributed by atoms with van der Waals surface area (Å²) in [6.07, 6.45) is 2.08. The fourth-order valence-corrected chi connectivity index (χ4v) is 8.01. The fraction of sp³-hybridized carbons (Fsp3) is 0.125. The van der Waals surface area contributed by atoms with Gasteiger partial charge < -0.3 is 0 Å². The molecule has 0 spiro atoms. The lowest BCUT2D eigenvalue weighted by Crippen LogP contribution is -1.80. The highest BCUT2D eigenvalue weighted by atomic mass is 79.9. The summed E-state index contributed by atoms with van der Waals surface area (Å²) in [7, 11) is 0. The normalized spacial score (nSPS) is 11.5. The lowest BCUT2D eigenvalue weighted by Gasteiger charge is -1.96. The third-order valence-corrected chi connectivity index (χ3v) is 9.51. The van der Waals surface area contributed by atoms with Gasteiger partial charge in [0.1, 0.15) is 0 Å². The zero-order chi connectivity index (χ0) is 15.1. The van der Waals surface area contributed by atoms with E-state index >= 15 is 0 Å². The minimum absolute atomic E-state index is 1.04. The van der Waals surface area contributed by atoms with Crippen LogP contribution in [0.15, 0.2) is 44.0 Å². The summed E-state index contributed by atoms with van der Waals surface area (Å²) in [5.41, 5.74) is 0. The van der Waals surface area contributed by atoms with E-state index in [1.165, 1.54) is 37.9 Å². The van der Waals surface area contributed by atoms with Gasteiger partial charge in [-0.2, -0.15) is 0 Å². The molecule has 0 saturated carbocycles. The van der Waals surface area contributed by atoms with Crippen molar-refractivity contribution >= 4 is 86.6 Å². The van der Waals surface area contributed by atoms with E-state index in [2.05, 4.69) is 66.9 Å². The van der Waals surface area contributed by atoms with Crippen molar-refractivity contribution in [3.05, 3.63) is 63.5 Å². The second kappa shape index (κ2) is 6.49. The number of hydrogen-bond donors (Lipinski definition) is 0. The Morgan fingerprint density at radius 2 is 1.18 bits per heavy atom. The van der Waals surface area contributed by atoms with Crippen LogP contribution in [0, 0.1) is 0 Å². The largest absolute Gasteiger partial charge is 0.147 e. The topological polar surface area (TPSA) is 0 Å². The highest BCUT2D eigenvalue weighted by Gasteiger charge is 2.11. The Kier molecular flexibility index (Phi) is 4.59. The molecular formula is C16H10Br2S4. The zero-order valence-electron chi connectivity index (χ0n) is 11.3. The monoisotopic (exact) mass is 488 g/mol. The molecule has 0 amide bonds. The number of thiophene rings is 4. The molecule has 0 fully saturated rings. The van der Waals surface area contributed by atoms with Crippen molar-refractivity contribution in [2.24, 2.45) is 0 Å². The van der Waals surface area contributed by atoms with E-state index < -0.39 is 0 Å². The molecule has 0 atom stereocenters. The fourth-order valence-electron chi connectivity index (χ4n) is 2.33. The van der Waals surface area contributed by atoms with Crippen LogP contribution in [-0.4, -0.2) is 0 Å². The van der Waals surface area contributed by atoms with E-state index in [9.17, 15) is 0 Å². The predicted octanol–water partition coefficient (Wildman–Crippen LogP) is 7.79. The quantitative estimate of drug-likeness (QED) is 0.274. The zero-order valence-corrected chi connectivity index (χ0v) is 17.7. The molecule has 0 aliphatic rings. The molecule has 22 heavy (non-hydrogen) atoms. The molecule has 4 aromatic rings. The average molecular weight is 490 g/mol. The maximum atomic E-state index is 3.62. The maximum Gasteiger partial charge on any atom is 0.0456 e. The second-order valence-corrected chi connectivity index (χ2v) is 10.9. The molecule has 0 aromatic carbocycles. The first-order chi connectivity index (χ1) is 10.7. The highest BCUT2D eigenvalue weighted by molar-refractivity contribution is 9.10. The van der Waals surface area contributed by atoms with Crippen LogP contribution in [0.2, 0.25) is 0 Å². The molecule has 4 heterocycles. The van der Waals surface area contributed by atoms with E-state index in [-0.39, 0.29) is 0 Å². The van der Waals surface area contributed by atoms with Gasteiger partial charge in [0.15, 0.2) is 0 Å². The molecule has 0 unspecified atom stereocenters. The Balaban J connectivity index is 1.57. The van der Waals surface area contributed by atoms with Crippen molar-refractivity contribution in [1.29, 1.82) is 0 Å². The van der Waals surface area contributed by atoms with Crippen LogP contribution >= 0.6 is 77.2 Å². The maximum absolute atomic E-state index is 3.62. The molecule has 4 aromatic heterocycles. The summed E-state index contributed by atoms with van der Waals surface area (Å²) in [5.74, 6) is 0. The molecule has 0 bridgehead atoms. The van der Waals surface area contributed by atoms with Gasteiger partial charge in [0.2, 0.25) is 0 Å². The smallest absolute Gasteiger partial charge is 0.0456 e. The molecule has 0 N–H and O–H groups in total. The van der Waals surface area contributed by atoms with E-state index in [0.29, 0.717) is 0 Å². The van der Waals surface area contributed by atoms with Crippen molar-refractivity contribution in [2.75, 3.05) is 0 Å². The standard InChI is InChI=1S/C16H10Br2S4/c17-11-1-3-19-13(11)5-9-7-15-16(21-9)8-10(22-15)6-14-12(18)2-4-20-14/h1-4,7-8H,5-6H2. The molecule has 0 aliphatic heterocycles. The Morgan fingerprint density at radius 1 is 0.727 bits per heavy atom. The molecule has 0 saturated heterocycles. The second-order valence-electron chi connectivity index (χ2n) is 4.89. The lowest BCUT2D eigenvalue weighted by molar-refractivity contribution is 1.29. The highest BCUT2D eigenvalue weighted by Crippen LogP contribution is 2.37. The first-order valence-electron chi connectivity index (χ1n) is 6.64. The third-order valence-electron chi connectivity index (χ3n) is 3.36. The van der Waals surface area contributed by atoms with Gasteiger partial charge in [-0.25, -0.2) is 0 Å². The summed E-state index contributed by atoms with van der Waals surface area (Å²) < 4.78 is 5.32. The van der Waals surface area contributed by atoms with Crippen molar-refractivity contribution in [2.45, 2.75) is 12.8 Å². The summed E-state index contributed by atoms with van der Waals surface area (Å²) in [4.78, 5) is 5.73. The molecular weight excluding hydrogens is 480 g/mol. The van der Waals surface area contributed by atoms with Crippen molar-refractivity contribution in [1.82, 2.24) is 0 Å². The molecule has 4 rings (SSSR count). The van der Waals surface area contributed by atoms with Gasteiger partial charge in [-0.15, -0.1) is 45.3 Å². The van der Waals surface area contributed by atoms with Gasteiger partial charge in [0.25, 0.3) is 0 Å². The van der Waals surface area contributed by atoms with E-state index in [1.807, 2.05) is 45.3 Å². The number of hydrogen-bond acceptors (Lipinski definition) is 4. The van der Waals surface area contributed by atoms with Gasteiger partial charge >= 0.3 is 0 Å². The van der Waals surface area contributed by atoms with Gasteiger partial charge in [-0.05, 0) is 66.9 Å². The van der Waals surface area contributed by atoms with Crippen LogP contribution in [0.5, 0.6) is 0 Å². The summed E-state index contributed by atoms with van der Waals surface area (Å²) >= 11 is 14.8. The van der Waals surface area contributed by atoms with Crippen LogP contribution < -0.4 is 0 Å². The van der Waals surface area contributed by atoms with Gasteiger partial charge in [0, 0.05) is 50.7 Å². The Morgan fingerprint density at radius 3 is 1.55 bits per heavy atom. The SMILES string of the molecule is Brc1ccsc1Cc1cc2sc(Cc3sccc3Br)cc2s1. The predicted molar refractivity (Wildman–Crippen MR) is 109 cm³/mol. The number of rotatable bonds is 4. The van der Waals surface area contributed by atoms with Crippen LogP contribution in [0.4, 0.5) is 0 Å². The minimum Gasteiger partial charge on any atom is -0.147 e. The molecule has 0 nitrogen and oxygen atoms in total. The van der Waals surface area contributed by atoms with E-state index in [1.54, 1.807) is 0 Å². The summed E-state index contributed by atoms with van der Waals surface area (Å²) in [6.45, 7) is 0. The van der Waals surface area contributed by atoms with Crippen molar-refractivity contribution in [3.63, 3.8) is 0 Å². The number of fused-ring (bicyclic) bond motifs is 1. The van der Waals surface area contributed by atoms with Crippen LogP contribution in [0.25, 0.3) is 9.40 Å². The van der Waals surface area contributed by atoms with Crippen LogP contribution in [0.3, 0.4) is 0 Å². The Hall–Kier alpha value is 0.0200. The van der Waals surface area contributed by atoms with Gasteiger partial charge in [0.05, 0.1) is 0 Å². The van der Waals surface area contributed by atoms with Gasteiger partial charge in [-0.3, -0.25) is 0 Å². The molecule has 0 radical (unpaired) electrons. The van der Waals surface area contributed by atoms with Crippen molar-refractivity contribution < 1.29 is 0 Å². The summed E-state index contributed by atoms with van der Waals surface area (Å²) in [6, 6.07) is 8.99. The molecule has 6 heteroatoms. The Bertz CT molecular complexity index is 822. The molecule has 112 valence electrons. The molecule has 0 aliphatic carbocycles. The first kappa shape index (κ1) is 15.5. The van der Waals surface area contributed by atoms with E-state index in [4.69, 9.17) is 0 Å². The van der Waals surface area contributed by atoms with Crippen LogP contribution in [0.1, 0.15) is 19.5 Å². The minimum atomic E-state index is 1.04. The van der Waals surface area contributed by atoms with Crippen molar-refractivity contribution in [3.8, 4) is 0 Å². The first-order valence-corrected chi connectivity index (χ1v) is 11.6. The number of halogens is 2. The summed E-state index contributed by atoms with van der Waals surface area (Å²) in [5, 5.41) is 4.29. The van der Waals surface area contributed by atoms with E-state index in [0.717, 1.165) is 12.8 Å². The Labute approximate surface area is 161 Å². The van der Waals surface area contributed by atoms with Gasteiger partial charge in [-0.1, -0.05) is 0 Å². The average Bonchev–Trinajstić information content (AvgIpc) is 3.20. The third kappa shape index (κ3) is 3.14.